The van der Waals surface area contributed by atoms with Crippen LogP contribution in [0.15, 0.2) is 39.9 Å². The van der Waals surface area contributed by atoms with Crippen molar-refractivity contribution in [3.05, 3.63) is 46.9 Å². The van der Waals surface area contributed by atoms with Crippen LogP contribution in [0.5, 0.6) is 11.5 Å². The van der Waals surface area contributed by atoms with E-state index in [9.17, 15) is 0 Å². The van der Waals surface area contributed by atoms with Gasteiger partial charge in [-0.05, 0) is 36.8 Å². The molecule has 0 amide bonds. The van der Waals surface area contributed by atoms with Crippen molar-refractivity contribution in [1.29, 1.82) is 0 Å². The predicted octanol–water partition coefficient (Wildman–Crippen LogP) is 3.39. The highest BCUT2D eigenvalue weighted by Gasteiger charge is 2.15. The number of ether oxygens (including phenoxy) is 2. The molecule has 0 bridgehead atoms. The highest BCUT2D eigenvalue weighted by molar-refractivity contribution is 6.32. The van der Waals surface area contributed by atoms with Gasteiger partial charge in [-0.3, -0.25) is 0 Å². The number of furan rings is 1. The molecule has 0 saturated carbocycles. The maximum atomic E-state index is 6.34. The number of benzene rings is 1. The van der Waals surface area contributed by atoms with Crippen LogP contribution in [0.1, 0.15) is 24.7 Å². The molecule has 2 aromatic rings. The zero-order valence-electron chi connectivity index (χ0n) is 14.9. The first-order valence-electron chi connectivity index (χ1n) is 8.89. The Labute approximate surface area is 158 Å². The average Bonchev–Trinajstić information content (AvgIpc) is 3.03. The van der Waals surface area contributed by atoms with Crippen LogP contribution in [0.4, 0.5) is 0 Å². The molecule has 0 spiro atoms. The Balaban J connectivity index is 1.63. The fraction of sp³-hybridized carbons (Fsp3) is 0.421. The molecule has 1 aromatic carbocycles. The number of nitrogens with one attached hydrogen (secondary N) is 2. The molecule has 1 aliphatic heterocycles. The molecule has 3 rings (SSSR count). The summed E-state index contributed by atoms with van der Waals surface area (Å²) in [6, 6.07) is 7.68. The maximum Gasteiger partial charge on any atom is 0.191 e. The van der Waals surface area contributed by atoms with E-state index in [2.05, 4.69) is 15.6 Å². The molecule has 0 radical (unpaired) electrons. The Kier molecular flexibility index (Phi) is 6.66. The van der Waals surface area contributed by atoms with Gasteiger partial charge in [0.05, 0.1) is 31.0 Å². The van der Waals surface area contributed by atoms with E-state index in [-0.39, 0.29) is 0 Å². The van der Waals surface area contributed by atoms with Crippen LogP contribution < -0.4 is 20.1 Å². The van der Waals surface area contributed by atoms with E-state index in [1.807, 2.05) is 31.2 Å². The summed E-state index contributed by atoms with van der Waals surface area (Å²) in [4.78, 5) is 4.62. The summed E-state index contributed by atoms with van der Waals surface area (Å²) in [6.07, 6.45) is 3.33. The third kappa shape index (κ3) is 5.08. The van der Waals surface area contributed by atoms with Crippen LogP contribution in [-0.4, -0.2) is 32.3 Å². The van der Waals surface area contributed by atoms with Crippen LogP contribution in [-0.2, 0) is 13.0 Å². The van der Waals surface area contributed by atoms with Gasteiger partial charge in [0.15, 0.2) is 17.5 Å². The summed E-state index contributed by atoms with van der Waals surface area (Å²) in [5, 5.41) is 7.11. The fourth-order valence-corrected chi connectivity index (χ4v) is 2.93. The summed E-state index contributed by atoms with van der Waals surface area (Å²) in [6.45, 7) is 5.30. The average molecular weight is 378 g/mol. The lowest BCUT2D eigenvalue weighted by Crippen LogP contribution is -2.38. The molecule has 2 N–H and O–H groups in total. The number of aliphatic imine (C=N–C) groups is 1. The first kappa shape index (κ1) is 18.5. The standard InChI is InChI=1S/C19H24ClN3O3/c1-2-21-19(22-7-6-15-5-3-8-24-15)23-13-14-11-16(20)18-17(12-14)25-9-4-10-26-18/h3,5,8,11-12H,2,4,6-7,9-10,13H2,1H3,(H2,21,22,23). The molecule has 1 aromatic heterocycles. The van der Waals surface area contributed by atoms with Crippen LogP contribution in [0.2, 0.25) is 5.02 Å². The van der Waals surface area contributed by atoms with Gasteiger partial charge in [-0.2, -0.15) is 0 Å². The van der Waals surface area contributed by atoms with E-state index in [1.54, 1.807) is 6.26 Å². The van der Waals surface area contributed by atoms with Gasteiger partial charge in [-0.1, -0.05) is 11.6 Å². The van der Waals surface area contributed by atoms with E-state index in [4.69, 9.17) is 25.5 Å². The number of hydrogen-bond acceptors (Lipinski definition) is 4. The minimum Gasteiger partial charge on any atom is -0.489 e. The quantitative estimate of drug-likeness (QED) is 0.596. The third-order valence-corrected chi connectivity index (χ3v) is 4.15. The lowest BCUT2D eigenvalue weighted by Gasteiger charge is -2.12. The van der Waals surface area contributed by atoms with Crippen LogP contribution in [0, 0.1) is 0 Å². The summed E-state index contributed by atoms with van der Waals surface area (Å²) < 4.78 is 16.7. The molecule has 6 nitrogen and oxygen atoms in total. The highest BCUT2D eigenvalue weighted by Crippen LogP contribution is 2.38. The molecule has 1 aliphatic rings. The van der Waals surface area contributed by atoms with Crippen LogP contribution in [0.3, 0.4) is 0 Å². The van der Waals surface area contributed by atoms with Crippen molar-refractivity contribution in [2.75, 3.05) is 26.3 Å². The van der Waals surface area contributed by atoms with Crippen LogP contribution in [0.25, 0.3) is 0 Å². The van der Waals surface area contributed by atoms with Gasteiger partial charge in [0, 0.05) is 25.9 Å². The second-order valence-corrected chi connectivity index (χ2v) is 6.31. The van der Waals surface area contributed by atoms with E-state index in [0.29, 0.717) is 36.3 Å². The molecule has 140 valence electrons. The molecule has 0 aliphatic carbocycles. The van der Waals surface area contributed by atoms with Gasteiger partial charge < -0.3 is 24.5 Å². The maximum absolute atomic E-state index is 6.34. The predicted molar refractivity (Wildman–Crippen MR) is 102 cm³/mol. The summed E-state index contributed by atoms with van der Waals surface area (Å²) in [5.74, 6) is 3.02. The van der Waals surface area contributed by atoms with Gasteiger partial charge in [-0.15, -0.1) is 0 Å². The SMILES string of the molecule is CCNC(=NCc1cc(Cl)c2c(c1)OCCCO2)NCCc1ccco1. The zero-order chi connectivity index (χ0) is 18.2. The van der Waals surface area contributed by atoms with Gasteiger partial charge in [0.25, 0.3) is 0 Å². The number of rotatable bonds is 6. The number of fused-ring (bicyclic) bond motifs is 1. The van der Waals surface area contributed by atoms with E-state index >= 15 is 0 Å². The van der Waals surface area contributed by atoms with Crippen molar-refractivity contribution in [2.45, 2.75) is 26.3 Å². The van der Waals surface area contributed by atoms with E-state index in [1.165, 1.54) is 0 Å². The first-order valence-corrected chi connectivity index (χ1v) is 9.26. The molecule has 0 atom stereocenters. The monoisotopic (exact) mass is 377 g/mol. The largest absolute Gasteiger partial charge is 0.489 e. The van der Waals surface area contributed by atoms with Gasteiger partial charge >= 0.3 is 0 Å². The number of hydrogen-bond donors (Lipinski definition) is 2. The Morgan fingerprint density at radius 3 is 2.92 bits per heavy atom. The summed E-state index contributed by atoms with van der Waals surface area (Å²) >= 11 is 6.34. The van der Waals surface area contributed by atoms with E-state index in [0.717, 1.165) is 43.2 Å². The van der Waals surface area contributed by atoms with Crippen molar-refractivity contribution in [3.63, 3.8) is 0 Å². The van der Waals surface area contributed by atoms with Crippen molar-refractivity contribution < 1.29 is 13.9 Å². The first-order chi connectivity index (χ1) is 12.8. The lowest BCUT2D eigenvalue weighted by atomic mass is 10.2. The summed E-state index contributed by atoms with van der Waals surface area (Å²) in [5.41, 5.74) is 0.975. The minimum absolute atomic E-state index is 0.493. The Bertz CT molecular complexity index is 732. The smallest absolute Gasteiger partial charge is 0.191 e. The fourth-order valence-electron chi connectivity index (χ4n) is 2.65. The van der Waals surface area contributed by atoms with Gasteiger partial charge in [0.1, 0.15) is 5.76 Å². The molecule has 7 heteroatoms. The van der Waals surface area contributed by atoms with Gasteiger partial charge in [-0.25, -0.2) is 4.99 Å². The third-order valence-electron chi connectivity index (χ3n) is 3.87. The zero-order valence-corrected chi connectivity index (χ0v) is 15.6. The van der Waals surface area contributed by atoms with Gasteiger partial charge in [0.2, 0.25) is 0 Å². The van der Waals surface area contributed by atoms with Crippen molar-refractivity contribution in [1.82, 2.24) is 10.6 Å². The molecular formula is C19H24ClN3O3. The van der Waals surface area contributed by atoms with Crippen molar-refractivity contribution in [2.24, 2.45) is 4.99 Å². The molecular weight excluding hydrogens is 354 g/mol. The minimum atomic E-state index is 0.493. The topological polar surface area (TPSA) is 68.0 Å². The number of nitrogens with zero attached hydrogens (tertiary/aromatic N) is 1. The second-order valence-electron chi connectivity index (χ2n) is 5.91. The van der Waals surface area contributed by atoms with E-state index < -0.39 is 0 Å². The van der Waals surface area contributed by atoms with Crippen molar-refractivity contribution >= 4 is 17.6 Å². The molecule has 26 heavy (non-hydrogen) atoms. The Hall–Kier alpha value is -2.34. The lowest BCUT2D eigenvalue weighted by molar-refractivity contribution is 0.297. The Morgan fingerprint density at radius 2 is 2.12 bits per heavy atom. The van der Waals surface area contributed by atoms with Crippen molar-refractivity contribution in [3.8, 4) is 11.5 Å². The Morgan fingerprint density at radius 1 is 1.23 bits per heavy atom. The molecule has 0 fully saturated rings. The second kappa shape index (κ2) is 9.38. The highest BCUT2D eigenvalue weighted by atomic mass is 35.5. The molecule has 0 saturated heterocycles. The summed E-state index contributed by atoms with van der Waals surface area (Å²) in [7, 11) is 0. The number of guanidine groups is 1. The molecule has 0 unspecified atom stereocenters. The number of halogens is 1. The van der Waals surface area contributed by atoms with Crippen LogP contribution >= 0.6 is 11.6 Å². The molecule has 2 heterocycles. The normalized spacial score (nSPS) is 14.0.